The summed E-state index contributed by atoms with van der Waals surface area (Å²) >= 11 is 0. The highest BCUT2D eigenvalue weighted by molar-refractivity contribution is 5.75. The second-order valence-corrected chi connectivity index (χ2v) is 2.55. The molecule has 0 atom stereocenters. The van der Waals surface area contributed by atoms with Gasteiger partial charge in [0.05, 0.1) is 25.1 Å². The zero-order valence-electron chi connectivity index (χ0n) is 6.34. The van der Waals surface area contributed by atoms with Crippen molar-refractivity contribution < 1.29 is 22.8 Å². The Bertz CT molecular complexity index is 252. The molecule has 0 amide bonds. The Hall–Kier alpha value is -1.29. The number of carbonyl (C=O) groups excluding carboxylic acids is 1. The monoisotopic (exact) mass is 194 g/mol. The highest BCUT2D eigenvalue weighted by Crippen LogP contribution is 2.21. The van der Waals surface area contributed by atoms with E-state index in [2.05, 4.69) is 4.84 Å². The Morgan fingerprint density at radius 2 is 2.08 bits per heavy atom. The third kappa shape index (κ3) is 2.32. The number of halogens is 3. The van der Waals surface area contributed by atoms with Crippen LogP contribution in [0.2, 0.25) is 0 Å². The summed E-state index contributed by atoms with van der Waals surface area (Å²) in [6, 6.07) is 1.83. The molecule has 7 heteroatoms. The summed E-state index contributed by atoms with van der Waals surface area (Å²) in [6.45, 7) is 0.0800. The molecule has 1 aliphatic rings. The Labute approximate surface area is 71.4 Å². The molecule has 0 saturated carbocycles. The minimum Gasteiger partial charge on any atom is -0.361 e. The van der Waals surface area contributed by atoms with Gasteiger partial charge in [-0.05, 0) is 0 Å². The van der Waals surface area contributed by atoms with Crippen LogP contribution >= 0.6 is 0 Å². The first-order chi connectivity index (χ1) is 5.93. The Balaban J connectivity index is 2.30. The van der Waals surface area contributed by atoms with Crippen molar-refractivity contribution in [1.29, 1.82) is 5.26 Å². The van der Waals surface area contributed by atoms with Crippen molar-refractivity contribution >= 4 is 5.97 Å². The van der Waals surface area contributed by atoms with Gasteiger partial charge in [0.2, 0.25) is 0 Å². The van der Waals surface area contributed by atoms with E-state index < -0.39 is 12.1 Å². The molecule has 1 aliphatic heterocycles. The lowest BCUT2D eigenvalue weighted by Gasteiger charge is -2.32. The summed E-state index contributed by atoms with van der Waals surface area (Å²) in [5.74, 6) is -2.59. The number of nitriles is 1. The molecule has 0 aromatic heterocycles. The van der Waals surface area contributed by atoms with Gasteiger partial charge in [-0.1, -0.05) is 0 Å². The molecule has 0 unspecified atom stereocenters. The van der Waals surface area contributed by atoms with E-state index in [4.69, 9.17) is 5.26 Å². The molecule has 13 heavy (non-hydrogen) atoms. The van der Waals surface area contributed by atoms with Crippen LogP contribution in [-0.4, -0.2) is 30.3 Å². The van der Waals surface area contributed by atoms with Crippen LogP contribution in [-0.2, 0) is 9.63 Å². The first-order valence-electron chi connectivity index (χ1n) is 3.37. The molecule has 0 N–H and O–H groups in total. The average Bonchev–Trinajstić information content (AvgIpc) is 1.93. The van der Waals surface area contributed by atoms with Gasteiger partial charge in [-0.3, -0.25) is 0 Å². The Morgan fingerprint density at radius 1 is 1.54 bits per heavy atom. The third-order valence-electron chi connectivity index (χ3n) is 1.47. The predicted octanol–water partition coefficient (Wildman–Crippen LogP) is 0.462. The van der Waals surface area contributed by atoms with Crippen LogP contribution in [0.15, 0.2) is 0 Å². The summed E-state index contributed by atoms with van der Waals surface area (Å²) < 4.78 is 34.7. The lowest BCUT2D eigenvalue weighted by Crippen LogP contribution is -2.48. The first kappa shape index (κ1) is 9.80. The second kappa shape index (κ2) is 3.22. The SMILES string of the molecule is N#CC1CN(OC(=O)C(F)(F)F)C1. The normalized spacial score (nSPS) is 18.9. The maximum absolute atomic E-state index is 11.6. The number of hydrogen-bond acceptors (Lipinski definition) is 4. The molecule has 1 heterocycles. The van der Waals surface area contributed by atoms with Gasteiger partial charge >= 0.3 is 12.1 Å². The largest absolute Gasteiger partial charge is 0.492 e. The fraction of sp³-hybridized carbons (Fsp3) is 0.667. The van der Waals surface area contributed by atoms with Crippen LogP contribution in [0.3, 0.4) is 0 Å². The molecule has 1 fully saturated rings. The van der Waals surface area contributed by atoms with E-state index in [0.29, 0.717) is 0 Å². The number of hydroxylamine groups is 2. The number of nitrogens with zero attached hydrogens (tertiary/aromatic N) is 2. The van der Waals surface area contributed by atoms with Gasteiger partial charge in [-0.2, -0.15) is 18.4 Å². The molecule has 1 rings (SSSR count). The molecule has 4 nitrogen and oxygen atoms in total. The second-order valence-electron chi connectivity index (χ2n) is 2.55. The summed E-state index contributed by atoms with van der Waals surface area (Å²) in [6.07, 6.45) is -4.97. The zero-order chi connectivity index (χ0) is 10.1. The van der Waals surface area contributed by atoms with E-state index in [1.807, 2.05) is 6.07 Å². The minimum absolute atomic E-state index is 0.0400. The lowest BCUT2D eigenvalue weighted by atomic mass is 10.1. The van der Waals surface area contributed by atoms with Gasteiger partial charge in [0.15, 0.2) is 0 Å². The number of carbonyl (C=O) groups is 1. The zero-order valence-corrected chi connectivity index (χ0v) is 6.34. The van der Waals surface area contributed by atoms with Crippen LogP contribution in [0.4, 0.5) is 13.2 Å². The summed E-state index contributed by atoms with van der Waals surface area (Å²) in [4.78, 5) is 14.1. The predicted molar refractivity (Wildman–Crippen MR) is 32.8 cm³/mol. The summed E-state index contributed by atoms with van der Waals surface area (Å²) in [5.41, 5.74) is 0. The minimum atomic E-state index is -4.97. The van der Waals surface area contributed by atoms with Crippen molar-refractivity contribution in [3.8, 4) is 6.07 Å². The van der Waals surface area contributed by atoms with Crippen molar-refractivity contribution in [1.82, 2.24) is 5.06 Å². The van der Waals surface area contributed by atoms with Crippen molar-refractivity contribution in [2.24, 2.45) is 5.92 Å². The maximum atomic E-state index is 11.6. The maximum Gasteiger partial charge on any atom is 0.492 e. The highest BCUT2D eigenvalue weighted by Gasteiger charge is 2.44. The van der Waals surface area contributed by atoms with Gasteiger partial charge in [0.1, 0.15) is 0 Å². The molecule has 0 bridgehead atoms. The molecule has 0 aliphatic carbocycles. The topological polar surface area (TPSA) is 53.3 Å². The lowest BCUT2D eigenvalue weighted by molar-refractivity contribution is -0.255. The quantitative estimate of drug-likeness (QED) is 0.608. The average molecular weight is 194 g/mol. The smallest absolute Gasteiger partial charge is 0.361 e. The number of hydrogen-bond donors (Lipinski definition) is 0. The van der Waals surface area contributed by atoms with Crippen LogP contribution < -0.4 is 0 Å². The van der Waals surface area contributed by atoms with Crippen LogP contribution in [0.1, 0.15) is 0 Å². The van der Waals surface area contributed by atoms with E-state index in [0.717, 1.165) is 5.06 Å². The van der Waals surface area contributed by atoms with Gasteiger partial charge in [0.25, 0.3) is 0 Å². The summed E-state index contributed by atoms with van der Waals surface area (Å²) in [5, 5.41) is 9.07. The van der Waals surface area contributed by atoms with Crippen molar-refractivity contribution in [2.75, 3.05) is 13.1 Å². The van der Waals surface area contributed by atoms with Gasteiger partial charge in [0, 0.05) is 0 Å². The molecular weight excluding hydrogens is 189 g/mol. The van der Waals surface area contributed by atoms with Crippen molar-refractivity contribution in [3.63, 3.8) is 0 Å². The van der Waals surface area contributed by atoms with Gasteiger partial charge < -0.3 is 4.84 Å². The van der Waals surface area contributed by atoms with Gasteiger partial charge in [-0.15, -0.1) is 5.06 Å². The van der Waals surface area contributed by atoms with Gasteiger partial charge in [-0.25, -0.2) is 4.79 Å². The molecule has 0 aromatic rings. The standard InChI is InChI=1S/C6H5F3N2O2/c7-6(8,9)5(12)13-11-2-4(1-10)3-11/h4H,2-3H2. The van der Waals surface area contributed by atoms with Crippen molar-refractivity contribution in [2.45, 2.75) is 6.18 Å². The number of alkyl halides is 3. The van der Waals surface area contributed by atoms with E-state index >= 15 is 0 Å². The van der Waals surface area contributed by atoms with E-state index in [1.165, 1.54) is 0 Å². The molecular formula is C6H5F3N2O2. The van der Waals surface area contributed by atoms with E-state index in [1.54, 1.807) is 0 Å². The molecule has 0 aromatic carbocycles. The molecule has 1 saturated heterocycles. The summed E-state index contributed by atoms with van der Waals surface area (Å²) in [7, 11) is 0. The Morgan fingerprint density at radius 3 is 2.46 bits per heavy atom. The molecule has 72 valence electrons. The van der Waals surface area contributed by atoms with Crippen molar-refractivity contribution in [3.05, 3.63) is 0 Å². The fourth-order valence-electron chi connectivity index (χ4n) is 0.763. The third-order valence-corrected chi connectivity index (χ3v) is 1.47. The van der Waals surface area contributed by atoms with Crippen LogP contribution in [0, 0.1) is 17.2 Å². The van der Waals surface area contributed by atoms with Crippen LogP contribution in [0.5, 0.6) is 0 Å². The fourth-order valence-corrected chi connectivity index (χ4v) is 0.763. The Kier molecular flexibility index (Phi) is 2.43. The number of rotatable bonds is 1. The van der Waals surface area contributed by atoms with E-state index in [9.17, 15) is 18.0 Å². The van der Waals surface area contributed by atoms with E-state index in [-0.39, 0.29) is 19.0 Å². The van der Waals surface area contributed by atoms with Crippen LogP contribution in [0.25, 0.3) is 0 Å². The highest BCUT2D eigenvalue weighted by atomic mass is 19.4. The molecule has 0 spiro atoms. The first-order valence-corrected chi connectivity index (χ1v) is 3.37. The molecule has 0 radical (unpaired) electrons.